The molecule has 0 fully saturated rings. The quantitative estimate of drug-likeness (QED) is 0.656. The average Bonchev–Trinajstić information content (AvgIpc) is 2.69. The predicted molar refractivity (Wildman–Crippen MR) is 67.3 cm³/mol. The monoisotopic (exact) mass is 236 g/mol. The summed E-state index contributed by atoms with van der Waals surface area (Å²) in [5.74, 6) is 0.982. The molecule has 0 atom stereocenters. The number of thioether (sulfide) groups is 1. The Kier molecular flexibility index (Phi) is 3.28. The lowest BCUT2D eigenvalue weighted by Gasteiger charge is -2.04. The zero-order valence-electron chi connectivity index (χ0n) is 8.43. The van der Waals surface area contributed by atoms with Gasteiger partial charge in [-0.05, 0) is 30.7 Å². The molecule has 0 spiro atoms. The van der Waals surface area contributed by atoms with E-state index in [2.05, 4.69) is 18.0 Å². The van der Waals surface area contributed by atoms with Crippen molar-refractivity contribution < 1.29 is 0 Å². The first-order chi connectivity index (χ1) is 7.25. The number of anilines is 1. The number of rotatable bonds is 3. The average molecular weight is 236 g/mol. The normalized spacial score (nSPS) is 10.5. The first-order valence-corrected chi connectivity index (χ1v) is 6.48. The molecule has 0 radical (unpaired) electrons. The highest BCUT2D eigenvalue weighted by Gasteiger charge is 2.01. The molecule has 0 saturated heterocycles. The van der Waals surface area contributed by atoms with Crippen LogP contribution in [0.15, 0.2) is 34.8 Å². The van der Waals surface area contributed by atoms with Gasteiger partial charge in [0.25, 0.3) is 0 Å². The third-order valence-electron chi connectivity index (χ3n) is 2.05. The van der Waals surface area contributed by atoms with Gasteiger partial charge in [-0.2, -0.15) is 0 Å². The Morgan fingerprint density at radius 3 is 3.00 bits per heavy atom. The zero-order valence-corrected chi connectivity index (χ0v) is 10.1. The second kappa shape index (κ2) is 4.68. The molecule has 0 saturated carbocycles. The van der Waals surface area contributed by atoms with Crippen molar-refractivity contribution in [3.8, 4) is 0 Å². The minimum Gasteiger partial charge on any atom is -0.399 e. The maximum Gasteiger partial charge on any atom is 0.0794 e. The van der Waals surface area contributed by atoms with Crippen molar-refractivity contribution in [2.24, 2.45) is 0 Å². The van der Waals surface area contributed by atoms with Crippen molar-refractivity contribution in [1.29, 1.82) is 0 Å². The zero-order chi connectivity index (χ0) is 10.7. The largest absolute Gasteiger partial charge is 0.399 e. The van der Waals surface area contributed by atoms with Crippen LogP contribution in [0.4, 0.5) is 5.69 Å². The molecule has 1 aromatic heterocycles. The first-order valence-electron chi connectivity index (χ1n) is 4.62. The highest BCUT2D eigenvalue weighted by Crippen LogP contribution is 2.28. The summed E-state index contributed by atoms with van der Waals surface area (Å²) >= 11 is 3.52. The summed E-state index contributed by atoms with van der Waals surface area (Å²) < 4.78 is 0. The Labute approximate surface area is 97.5 Å². The van der Waals surface area contributed by atoms with E-state index in [1.54, 1.807) is 11.3 Å². The molecule has 1 heterocycles. The molecule has 2 rings (SSSR count). The van der Waals surface area contributed by atoms with Crippen LogP contribution in [0.3, 0.4) is 0 Å². The van der Waals surface area contributed by atoms with E-state index in [-0.39, 0.29) is 0 Å². The van der Waals surface area contributed by atoms with Gasteiger partial charge < -0.3 is 5.73 Å². The molecule has 0 bridgehead atoms. The lowest BCUT2D eigenvalue weighted by Crippen LogP contribution is -1.87. The van der Waals surface area contributed by atoms with Crippen LogP contribution in [0, 0.1) is 6.92 Å². The molecule has 1 aromatic carbocycles. The number of benzene rings is 1. The number of hydrogen-bond acceptors (Lipinski definition) is 4. The van der Waals surface area contributed by atoms with Crippen molar-refractivity contribution in [3.63, 3.8) is 0 Å². The molecule has 0 aliphatic heterocycles. The van der Waals surface area contributed by atoms with Crippen LogP contribution in [0.1, 0.15) is 10.4 Å². The van der Waals surface area contributed by atoms with Crippen molar-refractivity contribution >= 4 is 28.8 Å². The van der Waals surface area contributed by atoms with E-state index in [0.29, 0.717) is 0 Å². The minimum atomic E-state index is 0.828. The first kappa shape index (κ1) is 10.5. The van der Waals surface area contributed by atoms with E-state index in [4.69, 9.17) is 5.73 Å². The predicted octanol–water partition coefficient (Wildman–Crippen LogP) is 3.33. The molecule has 0 unspecified atom stereocenters. The topological polar surface area (TPSA) is 38.9 Å². The molecule has 0 aliphatic rings. The molecule has 4 heteroatoms. The Hall–Kier alpha value is -1.00. The Balaban J connectivity index is 2.05. The minimum absolute atomic E-state index is 0.828. The van der Waals surface area contributed by atoms with Gasteiger partial charge in [0.05, 0.1) is 5.51 Å². The Morgan fingerprint density at radius 1 is 1.47 bits per heavy atom. The molecule has 15 heavy (non-hydrogen) atoms. The lowest BCUT2D eigenvalue weighted by molar-refractivity contribution is 1.29. The van der Waals surface area contributed by atoms with Gasteiger partial charge in [0.2, 0.25) is 0 Å². The fraction of sp³-hybridized carbons (Fsp3) is 0.182. The van der Waals surface area contributed by atoms with Crippen LogP contribution in [0.25, 0.3) is 0 Å². The van der Waals surface area contributed by atoms with Crippen LogP contribution in [-0.2, 0) is 5.75 Å². The molecular formula is C11H12N2S2. The van der Waals surface area contributed by atoms with Gasteiger partial charge >= 0.3 is 0 Å². The summed E-state index contributed by atoms with van der Waals surface area (Å²) in [6.45, 7) is 2.09. The van der Waals surface area contributed by atoms with Crippen molar-refractivity contribution in [2.75, 3.05) is 5.73 Å². The smallest absolute Gasteiger partial charge is 0.0794 e. The van der Waals surface area contributed by atoms with Crippen LogP contribution in [-0.4, -0.2) is 4.98 Å². The fourth-order valence-electron chi connectivity index (χ4n) is 1.30. The van der Waals surface area contributed by atoms with E-state index in [0.717, 1.165) is 11.4 Å². The molecule has 0 aliphatic carbocycles. The van der Waals surface area contributed by atoms with E-state index in [9.17, 15) is 0 Å². The summed E-state index contributed by atoms with van der Waals surface area (Å²) in [7, 11) is 0. The maximum absolute atomic E-state index is 5.70. The van der Waals surface area contributed by atoms with E-state index in [1.165, 1.54) is 15.3 Å². The Morgan fingerprint density at radius 2 is 2.33 bits per heavy atom. The number of hydrogen-bond donors (Lipinski definition) is 1. The van der Waals surface area contributed by atoms with Gasteiger partial charge in [-0.25, -0.2) is 0 Å². The highest BCUT2D eigenvalue weighted by atomic mass is 32.2. The molecule has 2 nitrogen and oxygen atoms in total. The molecule has 78 valence electrons. The number of thiazole rings is 1. The SMILES string of the molecule is Cc1cc(N)ccc1SCc1cncs1. The molecule has 2 aromatic rings. The van der Waals surface area contributed by atoms with Gasteiger partial charge in [0, 0.05) is 27.4 Å². The third kappa shape index (κ3) is 2.73. The van der Waals surface area contributed by atoms with E-state index >= 15 is 0 Å². The summed E-state index contributed by atoms with van der Waals surface area (Å²) in [6.07, 6.45) is 1.92. The van der Waals surface area contributed by atoms with Gasteiger partial charge in [-0.15, -0.1) is 23.1 Å². The number of nitrogen functional groups attached to an aromatic ring is 1. The summed E-state index contributed by atoms with van der Waals surface area (Å²) in [5, 5.41) is 0. The van der Waals surface area contributed by atoms with E-state index in [1.807, 2.05) is 35.6 Å². The van der Waals surface area contributed by atoms with Crippen LogP contribution in [0.2, 0.25) is 0 Å². The van der Waals surface area contributed by atoms with Gasteiger partial charge in [-0.1, -0.05) is 0 Å². The molecule has 2 N–H and O–H groups in total. The fourth-order valence-corrected chi connectivity index (χ4v) is 2.95. The molecule has 0 amide bonds. The van der Waals surface area contributed by atoms with Crippen LogP contribution >= 0.6 is 23.1 Å². The third-order valence-corrected chi connectivity index (χ3v) is 4.24. The van der Waals surface area contributed by atoms with Gasteiger partial charge in [0.15, 0.2) is 0 Å². The number of aromatic nitrogens is 1. The number of nitrogens with two attached hydrogens (primary N) is 1. The molecular weight excluding hydrogens is 224 g/mol. The number of nitrogens with zero attached hydrogens (tertiary/aromatic N) is 1. The van der Waals surface area contributed by atoms with Crippen LogP contribution < -0.4 is 5.73 Å². The standard InChI is InChI=1S/C11H12N2S2/c1-8-4-9(12)2-3-11(8)14-6-10-5-13-7-15-10/h2-5,7H,6,12H2,1H3. The van der Waals surface area contributed by atoms with Gasteiger partial charge in [0.1, 0.15) is 0 Å². The van der Waals surface area contributed by atoms with Crippen molar-refractivity contribution in [1.82, 2.24) is 4.98 Å². The van der Waals surface area contributed by atoms with Crippen molar-refractivity contribution in [3.05, 3.63) is 40.3 Å². The summed E-state index contributed by atoms with van der Waals surface area (Å²) in [6, 6.07) is 6.04. The van der Waals surface area contributed by atoms with Crippen molar-refractivity contribution in [2.45, 2.75) is 17.6 Å². The second-order valence-electron chi connectivity index (χ2n) is 3.28. The summed E-state index contributed by atoms with van der Waals surface area (Å²) in [5.41, 5.74) is 9.64. The summed E-state index contributed by atoms with van der Waals surface area (Å²) in [4.78, 5) is 6.65. The van der Waals surface area contributed by atoms with Gasteiger partial charge in [-0.3, -0.25) is 4.98 Å². The maximum atomic E-state index is 5.70. The number of aryl methyl sites for hydroxylation is 1. The lowest BCUT2D eigenvalue weighted by atomic mass is 10.2. The van der Waals surface area contributed by atoms with Crippen LogP contribution in [0.5, 0.6) is 0 Å². The second-order valence-corrected chi connectivity index (χ2v) is 5.27. The van der Waals surface area contributed by atoms with E-state index < -0.39 is 0 Å². The highest BCUT2D eigenvalue weighted by molar-refractivity contribution is 7.98. The Bertz CT molecular complexity index is 438.